The highest BCUT2D eigenvalue weighted by Crippen LogP contribution is 2.36. The molecule has 5 aromatic rings. The van der Waals surface area contributed by atoms with Gasteiger partial charge in [0.05, 0.1) is 11.0 Å². The molecule has 2 N–H and O–H groups in total. The maximum absolute atomic E-state index is 11.5. The minimum atomic E-state index is -0.0716. The van der Waals surface area contributed by atoms with E-state index in [2.05, 4.69) is 47.1 Å². The summed E-state index contributed by atoms with van der Waals surface area (Å²) in [5.41, 5.74) is 5.87. The van der Waals surface area contributed by atoms with Crippen LogP contribution in [0.1, 0.15) is 36.7 Å². The number of carbonyl (C=O) groups excluding carboxylic acids is 1. The maximum atomic E-state index is 11.5. The molecule has 0 amide bonds. The van der Waals surface area contributed by atoms with Crippen LogP contribution in [-0.2, 0) is 5.41 Å². The van der Waals surface area contributed by atoms with Crippen molar-refractivity contribution in [1.29, 1.82) is 0 Å². The van der Waals surface area contributed by atoms with E-state index in [4.69, 9.17) is 4.74 Å². The zero-order chi connectivity index (χ0) is 24.4. The predicted molar refractivity (Wildman–Crippen MR) is 140 cm³/mol. The van der Waals surface area contributed by atoms with Gasteiger partial charge in [0.15, 0.2) is 6.29 Å². The number of ether oxygens (including phenoxy) is 1. The molecule has 3 aromatic carbocycles. The maximum Gasteiger partial charge on any atom is 0.243 e. The number of aldehydes is 1. The molecule has 2 aromatic heterocycles. The highest BCUT2D eigenvalue weighted by atomic mass is 16.5. The van der Waals surface area contributed by atoms with Gasteiger partial charge in [-0.1, -0.05) is 69.3 Å². The summed E-state index contributed by atoms with van der Waals surface area (Å²) in [7, 11) is 0. The number of fused-ring (bicyclic) bond motifs is 1. The van der Waals surface area contributed by atoms with Crippen LogP contribution >= 0.6 is 0 Å². The van der Waals surface area contributed by atoms with Crippen molar-refractivity contribution in [2.75, 3.05) is 5.32 Å². The number of H-pyrrole nitrogens is 1. The third-order valence-corrected chi connectivity index (χ3v) is 5.81. The molecule has 0 aliphatic heterocycles. The normalized spacial score (nSPS) is 11.4. The molecule has 0 fully saturated rings. The van der Waals surface area contributed by atoms with E-state index in [9.17, 15) is 4.79 Å². The van der Waals surface area contributed by atoms with Gasteiger partial charge in [0.1, 0.15) is 11.4 Å². The Morgan fingerprint density at radius 1 is 0.943 bits per heavy atom. The molecule has 0 aliphatic rings. The smallest absolute Gasteiger partial charge is 0.243 e. The Hall–Kier alpha value is -4.45. The van der Waals surface area contributed by atoms with Gasteiger partial charge in [-0.15, -0.1) is 0 Å². The SMILES string of the molecule is CC(C)(C)c1ccccc1Oc1ncccc1Nc1nc2ccc(-c3ccccc3C=O)cc2[nH]1. The van der Waals surface area contributed by atoms with Gasteiger partial charge in [0.2, 0.25) is 11.8 Å². The van der Waals surface area contributed by atoms with Crippen molar-refractivity contribution in [2.45, 2.75) is 26.2 Å². The average Bonchev–Trinajstić information content (AvgIpc) is 3.26. The van der Waals surface area contributed by atoms with Gasteiger partial charge < -0.3 is 15.0 Å². The van der Waals surface area contributed by atoms with Crippen LogP contribution in [0.5, 0.6) is 11.6 Å². The largest absolute Gasteiger partial charge is 0.437 e. The number of aromatic nitrogens is 3. The molecular formula is C29H26N4O2. The van der Waals surface area contributed by atoms with E-state index in [1.807, 2.05) is 72.8 Å². The highest BCUT2D eigenvalue weighted by molar-refractivity contribution is 5.91. The second-order valence-electron chi connectivity index (χ2n) is 9.35. The van der Waals surface area contributed by atoms with Crippen molar-refractivity contribution in [2.24, 2.45) is 0 Å². The molecule has 0 aliphatic carbocycles. The predicted octanol–water partition coefficient (Wildman–Crippen LogP) is 7.27. The number of pyridine rings is 1. The third kappa shape index (κ3) is 4.64. The second-order valence-corrected chi connectivity index (χ2v) is 9.35. The van der Waals surface area contributed by atoms with Gasteiger partial charge in [0.25, 0.3) is 0 Å². The number of rotatable bonds is 6. The Kier molecular flexibility index (Phi) is 5.79. The fourth-order valence-electron chi connectivity index (χ4n) is 4.07. The van der Waals surface area contributed by atoms with E-state index in [1.165, 1.54) is 0 Å². The molecule has 0 saturated heterocycles. The van der Waals surface area contributed by atoms with Crippen molar-refractivity contribution < 1.29 is 9.53 Å². The fraction of sp³-hybridized carbons (Fsp3) is 0.138. The summed E-state index contributed by atoms with van der Waals surface area (Å²) in [6.07, 6.45) is 2.58. The molecule has 174 valence electrons. The molecule has 2 heterocycles. The number of carbonyl (C=O) groups is 1. The molecule has 0 spiro atoms. The highest BCUT2D eigenvalue weighted by Gasteiger charge is 2.20. The molecule has 0 saturated carbocycles. The molecule has 0 atom stereocenters. The molecule has 35 heavy (non-hydrogen) atoms. The minimum absolute atomic E-state index is 0.0716. The number of hydrogen-bond donors (Lipinski definition) is 2. The van der Waals surface area contributed by atoms with Gasteiger partial charge in [-0.05, 0) is 46.9 Å². The summed E-state index contributed by atoms with van der Waals surface area (Å²) in [6.45, 7) is 6.47. The van der Waals surface area contributed by atoms with E-state index in [0.29, 0.717) is 23.1 Å². The van der Waals surface area contributed by atoms with Crippen LogP contribution in [0.25, 0.3) is 22.2 Å². The minimum Gasteiger partial charge on any atom is -0.437 e. The first kappa shape index (κ1) is 22.3. The third-order valence-electron chi connectivity index (χ3n) is 5.81. The number of nitrogens with one attached hydrogen (secondary N) is 2. The van der Waals surface area contributed by atoms with Crippen LogP contribution in [0.4, 0.5) is 11.6 Å². The van der Waals surface area contributed by atoms with E-state index in [-0.39, 0.29) is 5.41 Å². The van der Waals surface area contributed by atoms with Crippen LogP contribution in [0.15, 0.2) is 85.1 Å². The first-order chi connectivity index (χ1) is 16.9. The Morgan fingerprint density at radius 3 is 2.57 bits per heavy atom. The Labute approximate surface area is 204 Å². The van der Waals surface area contributed by atoms with Gasteiger partial charge in [-0.25, -0.2) is 9.97 Å². The van der Waals surface area contributed by atoms with Crippen LogP contribution < -0.4 is 10.1 Å². The molecule has 0 unspecified atom stereocenters. The molecule has 0 radical (unpaired) electrons. The van der Waals surface area contributed by atoms with E-state index in [0.717, 1.165) is 39.8 Å². The first-order valence-corrected chi connectivity index (χ1v) is 11.5. The molecule has 6 nitrogen and oxygen atoms in total. The lowest BCUT2D eigenvalue weighted by atomic mass is 9.86. The Morgan fingerprint density at radius 2 is 1.74 bits per heavy atom. The number of nitrogens with zero attached hydrogens (tertiary/aromatic N) is 2. The Balaban J connectivity index is 1.45. The summed E-state index contributed by atoms with van der Waals surface area (Å²) in [5, 5.41) is 3.31. The van der Waals surface area contributed by atoms with Crippen molar-refractivity contribution in [3.05, 3.63) is 96.2 Å². The summed E-state index contributed by atoms with van der Waals surface area (Å²) in [6, 6.07) is 25.2. The van der Waals surface area contributed by atoms with Crippen molar-refractivity contribution >= 4 is 29.0 Å². The van der Waals surface area contributed by atoms with Crippen molar-refractivity contribution in [3.8, 4) is 22.8 Å². The lowest BCUT2D eigenvalue weighted by Gasteiger charge is -2.22. The molecule has 5 rings (SSSR count). The number of para-hydroxylation sites is 1. The molecular weight excluding hydrogens is 436 g/mol. The zero-order valence-electron chi connectivity index (χ0n) is 19.9. The number of anilines is 2. The number of hydrogen-bond acceptors (Lipinski definition) is 5. The molecule has 0 bridgehead atoms. The van der Waals surface area contributed by atoms with Gasteiger partial charge in [0, 0.05) is 17.3 Å². The first-order valence-electron chi connectivity index (χ1n) is 11.5. The Bertz CT molecular complexity index is 1510. The fourth-order valence-corrected chi connectivity index (χ4v) is 4.07. The van der Waals surface area contributed by atoms with Gasteiger partial charge in [-0.2, -0.15) is 0 Å². The van der Waals surface area contributed by atoms with E-state index in [1.54, 1.807) is 6.20 Å². The number of imidazole rings is 1. The standard InChI is InChI=1S/C29H26N4O2/c1-29(2,3)22-11-6-7-13-26(22)35-27-24(12-8-16-30-27)32-28-31-23-15-14-19(17-25(23)33-28)21-10-5-4-9-20(21)18-34/h4-18H,1-3H3,(H2,31,32,33). The lowest BCUT2D eigenvalue weighted by Crippen LogP contribution is -2.12. The van der Waals surface area contributed by atoms with Crippen molar-refractivity contribution in [3.63, 3.8) is 0 Å². The van der Waals surface area contributed by atoms with Crippen LogP contribution in [0.3, 0.4) is 0 Å². The van der Waals surface area contributed by atoms with E-state index >= 15 is 0 Å². The quantitative estimate of drug-likeness (QED) is 0.259. The van der Waals surface area contributed by atoms with Crippen molar-refractivity contribution in [1.82, 2.24) is 15.0 Å². The lowest BCUT2D eigenvalue weighted by molar-refractivity contribution is 0.112. The van der Waals surface area contributed by atoms with Gasteiger partial charge >= 0.3 is 0 Å². The van der Waals surface area contributed by atoms with E-state index < -0.39 is 0 Å². The van der Waals surface area contributed by atoms with Crippen LogP contribution in [0.2, 0.25) is 0 Å². The average molecular weight is 463 g/mol. The topological polar surface area (TPSA) is 79.9 Å². The molecule has 6 heteroatoms. The summed E-state index contributed by atoms with van der Waals surface area (Å²) >= 11 is 0. The number of benzene rings is 3. The number of aromatic amines is 1. The van der Waals surface area contributed by atoms with Gasteiger partial charge in [-0.3, -0.25) is 4.79 Å². The van der Waals surface area contributed by atoms with Crippen LogP contribution in [0, 0.1) is 0 Å². The summed E-state index contributed by atoms with van der Waals surface area (Å²) < 4.78 is 6.27. The zero-order valence-corrected chi connectivity index (χ0v) is 19.9. The summed E-state index contributed by atoms with van der Waals surface area (Å²) in [5.74, 6) is 1.80. The summed E-state index contributed by atoms with van der Waals surface area (Å²) in [4.78, 5) is 23.9. The monoisotopic (exact) mass is 462 g/mol. The second kappa shape index (κ2) is 9.06. The van der Waals surface area contributed by atoms with Crippen LogP contribution in [-0.4, -0.2) is 21.2 Å².